The molecule has 1 aliphatic heterocycles. The number of hydrogen-bond donors (Lipinski definition) is 0. The smallest absolute Gasteiger partial charge is 0.309 e. The van der Waals surface area contributed by atoms with Gasteiger partial charge >= 0.3 is 5.97 Å². The van der Waals surface area contributed by atoms with Crippen LogP contribution in [0, 0.1) is 5.92 Å². The summed E-state index contributed by atoms with van der Waals surface area (Å²) >= 11 is 2.04. The highest BCUT2D eigenvalue weighted by Crippen LogP contribution is 2.18. The van der Waals surface area contributed by atoms with E-state index >= 15 is 0 Å². The van der Waals surface area contributed by atoms with E-state index in [0.29, 0.717) is 30.7 Å². The van der Waals surface area contributed by atoms with Crippen molar-refractivity contribution in [2.45, 2.75) is 46.0 Å². The molecule has 2 amide bonds. The van der Waals surface area contributed by atoms with Gasteiger partial charge in [-0.15, -0.1) is 0 Å². The van der Waals surface area contributed by atoms with Crippen LogP contribution < -0.4 is 0 Å². The van der Waals surface area contributed by atoms with E-state index in [2.05, 4.69) is 4.90 Å². The molecule has 0 aromatic heterocycles. The third kappa shape index (κ3) is 9.23. The summed E-state index contributed by atoms with van der Waals surface area (Å²) in [7, 11) is 1.82. The molecule has 0 unspecified atom stereocenters. The van der Waals surface area contributed by atoms with Gasteiger partial charge < -0.3 is 19.4 Å². The van der Waals surface area contributed by atoms with Gasteiger partial charge in [0, 0.05) is 46.6 Å². The predicted molar refractivity (Wildman–Crippen MR) is 114 cm³/mol. The number of halogens is 1. The average Bonchev–Trinajstić information content (AvgIpc) is 2.64. The van der Waals surface area contributed by atoms with E-state index in [1.165, 1.54) is 0 Å². The van der Waals surface area contributed by atoms with Crippen LogP contribution in [0.25, 0.3) is 0 Å². The summed E-state index contributed by atoms with van der Waals surface area (Å²) < 4.78 is 5.50. The molecule has 0 aliphatic carbocycles. The van der Waals surface area contributed by atoms with Gasteiger partial charge in [-0.1, -0.05) is 6.92 Å². The summed E-state index contributed by atoms with van der Waals surface area (Å²) in [4.78, 5) is 41.4. The zero-order valence-corrected chi connectivity index (χ0v) is 19.1. The Bertz CT molecular complexity index is 482. The molecule has 1 rings (SSSR count). The minimum absolute atomic E-state index is 0.0103. The molecule has 1 saturated heterocycles. The number of piperidine rings is 1. The SMILES string of the molecule is CCCC(=O)N(C)CCCN(CCN1CCC(C(=O)OCI)CC1)C(C)=O. The van der Waals surface area contributed by atoms with Crippen LogP contribution in [0.4, 0.5) is 0 Å². The maximum atomic E-state index is 11.9. The molecule has 8 heteroatoms. The third-order valence-corrected chi connectivity index (χ3v) is 5.37. The lowest BCUT2D eigenvalue weighted by Gasteiger charge is -2.32. The first kappa shape index (κ1) is 24.1. The number of likely N-dealkylation sites (tertiary alicyclic amines) is 1. The van der Waals surface area contributed by atoms with Crippen LogP contribution in [-0.2, 0) is 19.1 Å². The molecule has 156 valence electrons. The minimum Gasteiger partial charge on any atom is -0.455 e. The van der Waals surface area contributed by atoms with Crippen LogP contribution in [0.2, 0.25) is 0 Å². The molecule has 0 atom stereocenters. The number of hydrogen-bond acceptors (Lipinski definition) is 5. The maximum Gasteiger partial charge on any atom is 0.309 e. The lowest BCUT2D eigenvalue weighted by Crippen LogP contribution is -2.43. The van der Waals surface area contributed by atoms with Gasteiger partial charge in [0.05, 0.1) is 5.92 Å². The first-order chi connectivity index (χ1) is 12.9. The van der Waals surface area contributed by atoms with Gasteiger partial charge in [-0.05, 0) is 61.4 Å². The van der Waals surface area contributed by atoms with Crippen molar-refractivity contribution in [1.82, 2.24) is 14.7 Å². The Labute approximate surface area is 176 Å². The molecule has 0 aromatic carbocycles. The molecular formula is C19H34IN3O4. The van der Waals surface area contributed by atoms with Gasteiger partial charge in [0.15, 0.2) is 0 Å². The molecule has 1 aliphatic rings. The number of carbonyl (C=O) groups excluding carboxylic acids is 3. The highest BCUT2D eigenvalue weighted by Gasteiger charge is 2.26. The fourth-order valence-electron chi connectivity index (χ4n) is 3.28. The Hall–Kier alpha value is -0.900. The predicted octanol–water partition coefficient (Wildman–Crippen LogP) is 2.13. The van der Waals surface area contributed by atoms with E-state index in [4.69, 9.17) is 4.74 Å². The third-order valence-electron chi connectivity index (χ3n) is 5.06. The van der Waals surface area contributed by atoms with Gasteiger partial charge in [-0.2, -0.15) is 0 Å². The molecule has 0 spiro atoms. The monoisotopic (exact) mass is 495 g/mol. The van der Waals surface area contributed by atoms with E-state index in [1.54, 1.807) is 11.8 Å². The van der Waals surface area contributed by atoms with Crippen molar-refractivity contribution in [3.05, 3.63) is 0 Å². The average molecular weight is 495 g/mol. The Balaban J connectivity index is 2.30. The fraction of sp³-hybridized carbons (Fsp3) is 0.842. The number of amides is 2. The van der Waals surface area contributed by atoms with Crippen molar-refractivity contribution in [2.75, 3.05) is 50.9 Å². The van der Waals surface area contributed by atoms with Crippen LogP contribution in [0.1, 0.15) is 46.0 Å². The van der Waals surface area contributed by atoms with Crippen molar-refractivity contribution >= 4 is 40.4 Å². The molecule has 1 fully saturated rings. The van der Waals surface area contributed by atoms with Crippen LogP contribution in [0.15, 0.2) is 0 Å². The molecule has 0 bridgehead atoms. The van der Waals surface area contributed by atoms with Crippen LogP contribution in [0.5, 0.6) is 0 Å². The summed E-state index contributed by atoms with van der Waals surface area (Å²) in [5.41, 5.74) is 0. The first-order valence-corrected chi connectivity index (χ1v) is 11.4. The zero-order valence-electron chi connectivity index (χ0n) is 16.9. The number of rotatable bonds is 11. The van der Waals surface area contributed by atoms with Crippen molar-refractivity contribution in [3.63, 3.8) is 0 Å². The molecule has 0 radical (unpaired) electrons. The van der Waals surface area contributed by atoms with E-state index < -0.39 is 0 Å². The molecule has 27 heavy (non-hydrogen) atoms. The molecular weight excluding hydrogens is 461 g/mol. The first-order valence-electron chi connectivity index (χ1n) is 9.83. The van der Waals surface area contributed by atoms with Crippen LogP contribution in [0.3, 0.4) is 0 Å². The second-order valence-corrected chi connectivity index (χ2v) is 7.74. The minimum atomic E-state index is -0.0869. The lowest BCUT2D eigenvalue weighted by atomic mass is 9.97. The second-order valence-electron chi connectivity index (χ2n) is 7.11. The molecule has 7 nitrogen and oxygen atoms in total. The molecule has 0 aromatic rings. The quantitative estimate of drug-likeness (QED) is 0.250. The van der Waals surface area contributed by atoms with Gasteiger partial charge in [0.25, 0.3) is 0 Å². The lowest BCUT2D eigenvalue weighted by molar-refractivity contribution is -0.147. The van der Waals surface area contributed by atoms with Crippen LogP contribution >= 0.6 is 22.6 Å². The largest absolute Gasteiger partial charge is 0.455 e. The van der Waals surface area contributed by atoms with Gasteiger partial charge in [0.1, 0.15) is 4.61 Å². The van der Waals surface area contributed by atoms with Gasteiger partial charge in [-0.3, -0.25) is 14.4 Å². The Morgan fingerprint density at radius 3 is 2.37 bits per heavy atom. The summed E-state index contributed by atoms with van der Waals surface area (Å²) in [5, 5.41) is 0. The number of ether oxygens (including phenoxy) is 1. The van der Waals surface area contributed by atoms with Crippen molar-refractivity contribution in [1.29, 1.82) is 0 Å². The maximum absolute atomic E-state index is 11.9. The summed E-state index contributed by atoms with van der Waals surface area (Å²) in [6.45, 7) is 8.16. The number of carbonyl (C=O) groups is 3. The summed E-state index contributed by atoms with van der Waals surface area (Å²) in [6, 6.07) is 0. The second kappa shape index (κ2) is 13.3. The van der Waals surface area contributed by atoms with E-state index in [1.807, 2.05) is 41.5 Å². The van der Waals surface area contributed by atoms with E-state index in [0.717, 1.165) is 45.3 Å². The van der Waals surface area contributed by atoms with Crippen molar-refractivity contribution in [2.24, 2.45) is 5.92 Å². The molecule has 1 heterocycles. The van der Waals surface area contributed by atoms with E-state index in [9.17, 15) is 14.4 Å². The molecule has 0 N–H and O–H groups in total. The fourth-order valence-corrected chi connectivity index (χ4v) is 3.59. The number of esters is 1. The van der Waals surface area contributed by atoms with E-state index in [-0.39, 0.29) is 23.7 Å². The Kier molecular flexibility index (Phi) is 11.9. The molecule has 0 saturated carbocycles. The van der Waals surface area contributed by atoms with Gasteiger partial charge in [0.2, 0.25) is 11.8 Å². The highest BCUT2D eigenvalue weighted by atomic mass is 127. The normalized spacial score (nSPS) is 15.4. The Morgan fingerprint density at radius 1 is 1.15 bits per heavy atom. The van der Waals surface area contributed by atoms with Crippen molar-refractivity contribution < 1.29 is 19.1 Å². The Morgan fingerprint density at radius 2 is 1.81 bits per heavy atom. The summed E-state index contributed by atoms with van der Waals surface area (Å²) in [5.74, 6) is 0.154. The standard InChI is InChI=1S/C19H34IN3O4/c1-4-6-18(25)21(3)9-5-10-23(16(2)24)14-13-22-11-7-17(8-12-22)19(26)27-15-20/h17H,4-15H2,1-3H3. The number of alkyl halides is 1. The summed E-state index contributed by atoms with van der Waals surface area (Å²) in [6.07, 6.45) is 3.86. The highest BCUT2D eigenvalue weighted by molar-refractivity contribution is 14.1. The van der Waals surface area contributed by atoms with Gasteiger partial charge in [-0.25, -0.2) is 0 Å². The van der Waals surface area contributed by atoms with Crippen molar-refractivity contribution in [3.8, 4) is 0 Å². The topological polar surface area (TPSA) is 70.2 Å². The number of nitrogens with zero attached hydrogens (tertiary/aromatic N) is 3. The van der Waals surface area contributed by atoms with Crippen LogP contribution in [-0.4, -0.2) is 83.4 Å². The zero-order chi connectivity index (χ0) is 20.2.